The van der Waals surface area contributed by atoms with Crippen LogP contribution in [0, 0.1) is 0 Å². The van der Waals surface area contributed by atoms with E-state index in [1.54, 1.807) is 11.0 Å². The van der Waals surface area contributed by atoms with Crippen LogP contribution in [0.5, 0.6) is 0 Å². The van der Waals surface area contributed by atoms with Crippen molar-refractivity contribution in [2.45, 2.75) is 23.5 Å². The van der Waals surface area contributed by atoms with E-state index in [-0.39, 0.29) is 17.1 Å². The van der Waals surface area contributed by atoms with Gasteiger partial charge in [-0.1, -0.05) is 30.3 Å². The van der Waals surface area contributed by atoms with Crippen molar-refractivity contribution in [2.75, 3.05) is 25.0 Å². The van der Waals surface area contributed by atoms with Gasteiger partial charge in [0.05, 0.1) is 10.9 Å². The van der Waals surface area contributed by atoms with E-state index in [9.17, 15) is 9.59 Å². The summed E-state index contributed by atoms with van der Waals surface area (Å²) in [7, 11) is 0. The molecule has 1 atom stereocenters. The molecule has 2 amide bonds. The van der Waals surface area contributed by atoms with Crippen molar-refractivity contribution in [3.63, 3.8) is 0 Å². The van der Waals surface area contributed by atoms with Gasteiger partial charge in [-0.05, 0) is 37.1 Å². The third-order valence-electron chi connectivity index (χ3n) is 4.36. The molecule has 1 unspecified atom stereocenters. The minimum atomic E-state index is -0.122. The first-order chi connectivity index (χ1) is 12.6. The second-order valence-electron chi connectivity index (χ2n) is 6.28. The van der Waals surface area contributed by atoms with Crippen LogP contribution in [0.4, 0.5) is 5.69 Å². The average molecular weight is 369 g/mol. The van der Waals surface area contributed by atoms with E-state index < -0.39 is 0 Å². The van der Waals surface area contributed by atoms with Gasteiger partial charge in [0.25, 0.3) is 5.91 Å². The average Bonchev–Trinajstić information content (AvgIpc) is 2.66. The highest BCUT2D eigenvalue weighted by molar-refractivity contribution is 8.00. The molecule has 3 rings (SSSR count). The number of carbonyl (C=O) groups is 2. The number of anilines is 1. The summed E-state index contributed by atoms with van der Waals surface area (Å²) >= 11 is 1.51. The van der Waals surface area contributed by atoms with Gasteiger partial charge in [-0.3, -0.25) is 9.59 Å². The number of thioether (sulfide) groups is 1. The molecule has 0 spiro atoms. The van der Waals surface area contributed by atoms with Crippen LogP contribution in [0.25, 0.3) is 0 Å². The van der Waals surface area contributed by atoms with Gasteiger partial charge in [0.2, 0.25) is 5.91 Å². The summed E-state index contributed by atoms with van der Waals surface area (Å²) in [5.74, 6) is -0.0953. The van der Waals surface area contributed by atoms with E-state index in [1.165, 1.54) is 17.3 Å². The van der Waals surface area contributed by atoms with Crippen LogP contribution >= 0.6 is 11.8 Å². The summed E-state index contributed by atoms with van der Waals surface area (Å²) in [6.45, 7) is 3.39. The number of hydrogen-bond acceptors (Lipinski definition) is 4. The van der Waals surface area contributed by atoms with Gasteiger partial charge >= 0.3 is 0 Å². The van der Waals surface area contributed by atoms with Gasteiger partial charge in [-0.15, -0.1) is 11.8 Å². The summed E-state index contributed by atoms with van der Waals surface area (Å²) in [4.78, 5) is 27.6. The van der Waals surface area contributed by atoms with E-state index in [0.29, 0.717) is 30.9 Å². The van der Waals surface area contributed by atoms with E-state index in [4.69, 9.17) is 5.73 Å². The number of amides is 2. The van der Waals surface area contributed by atoms with Crippen LogP contribution in [-0.4, -0.2) is 41.6 Å². The highest BCUT2D eigenvalue weighted by Crippen LogP contribution is 2.36. The normalized spacial score (nSPS) is 15.9. The Morgan fingerprint density at radius 3 is 2.69 bits per heavy atom. The zero-order valence-electron chi connectivity index (χ0n) is 14.8. The van der Waals surface area contributed by atoms with Gasteiger partial charge < -0.3 is 16.0 Å². The van der Waals surface area contributed by atoms with Crippen LogP contribution in [0.1, 0.15) is 22.8 Å². The molecule has 0 saturated heterocycles. The first-order valence-electron chi connectivity index (χ1n) is 8.73. The zero-order chi connectivity index (χ0) is 18.5. The van der Waals surface area contributed by atoms with Gasteiger partial charge in [0, 0.05) is 30.1 Å². The number of benzene rings is 2. The quantitative estimate of drug-likeness (QED) is 0.821. The number of fused-ring (bicyclic) bond motifs is 1. The molecule has 1 heterocycles. The lowest BCUT2D eigenvalue weighted by Gasteiger charge is -2.25. The minimum absolute atomic E-state index is 0.0324. The number of nitrogens with two attached hydrogens (primary N) is 1. The fourth-order valence-electron chi connectivity index (χ4n) is 2.90. The molecule has 5 nitrogen and oxygen atoms in total. The molecular formula is C20H23N3O2S. The summed E-state index contributed by atoms with van der Waals surface area (Å²) in [5.41, 5.74) is 8.17. The van der Waals surface area contributed by atoms with Crippen molar-refractivity contribution in [1.82, 2.24) is 4.90 Å². The maximum atomic E-state index is 12.9. The molecule has 0 aliphatic carbocycles. The number of nitrogens with zero attached hydrogens (tertiary/aromatic N) is 1. The standard InChI is InChI=1S/C20H23N3O2S/c1-14-19(24)22-17-13-16(7-8-18(17)26-14)20(25)23(12-10-21)11-9-15-5-3-2-4-6-15/h2-8,13-14H,9-12,21H2,1H3,(H,22,24). The van der Waals surface area contributed by atoms with Crippen molar-refractivity contribution in [1.29, 1.82) is 0 Å². The van der Waals surface area contributed by atoms with Crippen molar-refractivity contribution >= 4 is 29.3 Å². The summed E-state index contributed by atoms with van der Waals surface area (Å²) < 4.78 is 0. The molecule has 0 saturated carbocycles. The zero-order valence-corrected chi connectivity index (χ0v) is 15.6. The fraction of sp³-hybridized carbons (Fsp3) is 0.300. The van der Waals surface area contributed by atoms with Crippen LogP contribution in [0.15, 0.2) is 53.4 Å². The molecule has 1 aliphatic rings. The summed E-state index contributed by atoms with van der Waals surface area (Å²) in [6.07, 6.45) is 0.779. The molecule has 0 fully saturated rings. The Bertz CT molecular complexity index is 795. The number of carbonyl (C=O) groups excluding carboxylic acids is 2. The molecule has 1 aliphatic heterocycles. The predicted octanol–water partition coefficient (Wildman–Crippen LogP) is 2.76. The largest absolute Gasteiger partial charge is 0.337 e. The van der Waals surface area contributed by atoms with Crippen molar-refractivity contribution in [2.24, 2.45) is 5.73 Å². The molecule has 0 radical (unpaired) electrons. The number of nitrogens with one attached hydrogen (secondary N) is 1. The first-order valence-corrected chi connectivity index (χ1v) is 9.61. The van der Waals surface area contributed by atoms with Gasteiger partial charge in [-0.25, -0.2) is 0 Å². The molecular weight excluding hydrogens is 346 g/mol. The van der Waals surface area contributed by atoms with Gasteiger partial charge in [0.1, 0.15) is 0 Å². The smallest absolute Gasteiger partial charge is 0.253 e. The molecule has 0 aromatic heterocycles. The molecule has 3 N–H and O–H groups in total. The molecule has 0 bridgehead atoms. The van der Waals surface area contributed by atoms with E-state index in [1.807, 2.05) is 37.3 Å². The van der Waals surface area contributed by atoms with Gasteiger partial charge in [0.15, 0.2) is 0 Å². The molecule has 136 valence electrons. The third-order valence-corrected chi connectivity index (χ3v) is 5.53. The Morgan fingerprint density at radius 2 is 1.96 bits per heavy atom. The monoisotopic (exact) mass is 369 g/mol. The highest BCUT2D eigenvalue weighted by Gasteiger charge is 2.24. The van der Waals surface area contributed by atoms with E-state index in [0.717, 1.165) is 11.3 Å². The summed E-state index contributed by atoms with van der Waals surface area (Å²) in [6, 6.07) is 15.6. The topological polar surface area (TPSA) is 75.4 Å². The van der Waals surface area contributed by atoms with Crippen LogP contribution < -0.4 is 11.1 Å². The Labute approximate surface area is 157 Å². The molecule has 26 heavy (non-hydrogen) atoms. The van der Waals surface area contributed by atoms with Crippen LogP contribution in [0.3, 0.4) is 0 Å². The lowest BCUT2D eigenvalue weighted by molar-refractivity contribution is -0.115. The van der Waals surface area contributed by atoms with Crippen molar-refractivity contribution in [3.8, 4) is 0 Å². The minimum Gasteiger partial charge on any atom is -0.337 e. The lowest BCUT2D eigenvalue weighted by Crippen LogP contribution is -2.37. The SMILES string of the molecule is CC1Sc2ccc(C(=O)N(CCN)CCc3ccccc3)cc2NC1=O. The van der Waals surface area contributed by atoms with E-state index in [2.05, 4.69) is 17.4 Å². The van der Waals surface area contributed by atoms with Crippen molar-refractivity contribution in [3.05, 3.63) is 59.7 Å². The van der Waals surface area contributed by atoms with Crippen LogP contribution in [-0.2, 0) is 11.2 Å². The number of hydrogen-bond donors (Lipinski definition) is 2. The molecule has 2 aromatic rings. The lowest BCUT2D eigenvalue weighted by atomic mass is 10.1. The predicted molar refractivity (Wildman–Crippen MR) is 105 cm³/mol. The molecule has 2 aromatic carbocycles. The second kappa shape index (κ2) is 8.38. The summed E-state index contributed by atoms with van der Waals surface area (Å²) in [5, 5.41) is 2.76. The maximum Gasteiger partial charge on any atom is 0.253 e. The first kappa shape index (κ1) is 18.5. The third kappa shape index (κ3) is 4.26. The Kier molecular flexibility index (Phi) is 5.96. The highest BCUT2D eigenvalue weighted by atomic mass is 32.2. The van der Waals surface area contributed by atoms with Gasteiger partial charge in [-0.2, -0.15) is 0 Å². The maximum absolute atomic E-state index is 12.9. The Hall–Kier alpha value is -2.31. The fourth-order valence-corrected chi connectivity index (χ4v) is 3.83. The number of rotatable bonds is 6. The van der Waals surface area contributed by atoms with Crippen LogP contribution in [0.2, 0.25) is 0 Å². The Morgan fingerprint density at radius 1 is 1.19 bits per heavy atom. The molecule has 6 heteroatoms. The van der Waals surface area contributed by atoms with E-state index >= 15 is 0 Å². The van der Waals surface area contributed by atoms with Crippen molar-refractivity contribution < 1.29 is 9.59 Å². The second-order valence-corrected chi connectivity index (χ2v) is 7.66. The Balaban J connectivity index is 1.74.